The van der Waals surface area contributed by atoms with Crippen LogP contribution in [-0.2, 0) is 0 Å². The summed E-state index contributed by atoms with van der Waals surface area (Å²) in [6.45, 7) is 4.25. The third-order valence-corrected chi connectivity index (χ3v) is 6.14. The molecule has 4 rings (SSSR count). The van der Waals surface area contributed by atoms with E-state index in [2.05, 4.69) is 0 Å². The summed E-state index contributed by atoms with van der Waals surface area (Å²) in [5.41, 5.74) is 5.26. The number of Topliss-reactive ketones (excluding diaryl/α,β-unsaturated/α-hetero) is 2. The van der Waals surface area contributed by atoms with Crippen LogP contribution in [0.2, 0.25) is 0 Å². The number of carbonyl (C=O) groups excluding carboxylic acids is 2. The zero-order valence-corrected chi connectivity index (χ0v) is 18.9. The Morgan fingerprint density at radius 2 is 1.27 bits per heavy atom. The molecule has 1 aliphatic rings. The van der Waals surface area contributed by atoms with Gasteiger partial charge in [0.1, 0.15) is 0 Å². The van der Waals surface area contributed by atoms with Crippen molar-refractivity contribution in [2.24, 2.45) is 0 Å². The molecule has 166 valence electrons. The van der Waals surface area contributed by atoms with Gasteiger partial charge in [-0.2, -0.15) is 0 Å². The Hall–Kier alpha value is -3.76. The van der Waals surface area contributed by atoms with Gasteiger partial charge in [-0.25, -0.2) is 0 Å². The van der Waals surface area contributed by atoms with E-state index in [1.165, 1.54) is 0 Å². The Morgan fingerprint density at radius 1 is 0.758 bits per heavy atom. The molecule has 0 unspecified atom stereocenters. The summed E-state index contributed by atoms with van der Waals surface area (Å²) in [4.78, 5) is 29.2. The molecule has 0 aromatic heterocycles. The van der Waals surface area contributed by atoms with Crippen LogP contribution in [0.5, 0.6) is 0 Å². The van der Waals surface area contributed by atoms with Crippen molar-refractivity contribution in [2.75, 3.05) is 13.2 Å². The quantitative estimate of drug-likeness (QED) is 0.515. The van der Waals surface area contributed by atoms with Gasteiger partial charge in [0.25, 0.3) is 0 Å². The number of ketones is 2. The molecule has 33 heavy (non-hydrogen) atoms. The predicted octanol–water partition coefficient (Wildman–Crippen LogP) is 5.23. The fourth-order valence-corrected chi connectivity index (χ4v) is 4.27. The SMILES string of the molecule is Cc1cccc(C2C(C(=O)c3ccccc3)=CN(CCO)C=C2C(=O)c2ccccc2)c1C. The lowest BCUT2D eigenvalue weighted by atomic mass is 9.76. The van der Waals surface area contributed by atoms with Crippen molar-refractivity contribution in [3.05, 3.63) is 130 Å². The van der Waals surface area contributed by atoms with Crippen LogP contribution in [0.15, 0.2) is 102 Å². The number of β-amino-alcohol motifs (C(OH)–C–C–N with tert-alkyl or cyclic N) is 1. The van der Waals surface area contributed by atoms with E-state index in [1.807, 2.05) is 68.4 Å². The summed E-state index contributed by atoms with van der Waals surface area (Å²) in [7, 11) is 0. The number of hydrogen-bond donors (Lipinski definition) is 1. The van der Waals surface area contributed by atoms with Gasteiger partial charge in [0.2, 0.25) is 0 Å². The van der Waals surface area contributed by atoms with E-state index in [1.54, 1.807) is 41.6 Å². The first-order valence-electron chi connectivity index (χ1n) is 11.1. The average Bonchev–Trinajstić information content (AvgIpc) is 2.86. The lowest BCUT2D eigenvalue weighted by molar-refractivity contribution is 0.101. The fourth-order valence-electron chi connectivity index (χ4n) is 4.27. The van der Waals surface area contributed by atoms with Crippen LogP contribution in [-0.4, -0.2) is 34.7 Å². The number of benzene rings is 3. The third-order valence-electron chi connectivity index (χ3n) is 6.14. The Bertz CT molecular complexity index is 1160. The topological polar surface area (TPSA) is 57.6 Å². The number of rotatable bonds is 7. The molecule has 3 aromatic rings. The first-order chi connectivity index (χ1) is 16.0. The van der Waals surface area contributed by atoms with Crippen LogP contribution >= 0.6 is 0 Å². The van der Waals surface area contributed by atoms with Crippen molar-refractivity contribution >= 4 is 11.6 Å². The molecule has 0 radical (unpaired) electrons. The molecule has 4 nitrogen and oxygen atoms in total. The zero-order chi connectivity index (χ0) is 23.4. The largest absolute Gasteiger partial charge is 0.395 e. The van der Waals surface area contributed by atoms with E-state index in [0.717, 1.165) is 16.7 Å². The van der Waals surface area contributed by atoms with Crippen LogP contribution in [0.1, 0.15) is 43.3 Å². The van der Waals surface area contributed by atoms with Gasteiger partial charge in [0, 0.05) is 47.1 Å². The van der Waals surface area contributed by atoms with Gasteiger partial charge in [0.05, 0.1) is 6.61 Å². The summed E-state index contributed by atoms with van der Waals surface area (Å²) < 4.78 is 0. The van der Waals surface area contributed by atoms with Crippen LogP contribution in [0, 0.1) is 13.8 Å². The number of aryl methyl sites for hydroxylation is 1. The summed E-state index contributed by atoms with van der Waals surface area (Å²) in [6.07, 6.45) is 3.56. The highest BCUT2D eigenvalue weighted by Gasteiger charge is 2.35. The van der Waals surface area contributed by atoms with E-state index in [4.69, 9.17) is 0 Å². The minimum Gasteiger partial charge on any atom is -0.395 e. The molecule has 0 bridgehead atoms. The molecule has 1 aliphatic heterocycles. The van der Waals surface area contributed by atoms with Gasteiger partial charge in [-0.1, -0.05) is 78.9 Å². The standard InChI is InChI=1S/C29H27NO3/c1-20-10-9-15-24(21(20)2)27-25(28(32)22-11-5-3-6-12-22)18-30(16-17-31)19-26(27)29(33)23-13-7-4-8-14-23/h3-15,18-19,27,31H,16-17H2,1-2H3. The summed E-state index contributed by atoms with van der Waals surface area (Å²) in [5.74, 6) is -0.771. The van der Waals surface area contributed by atoms with Crippen molar-refractivity contribution in [1.82, 2.24) is 4.90 Å². The number of aliphatic hydroxyl groups excluding tert-OH is 1. The van der Waals surface area contributed by atoms with E-state index < -0.39 is 5.92 Å². The zero-order valence-electron chi connectivity index (χ0n) is 18.9. The number of nitrogens with zero attached hydrogens (tertiary/aromatic N) is 1. The number of carbonyl (C=O) groups is 2. The molecular weight excluding hydrogens is 410 g/mol. The molecule has 1 heterocycles. The Morgan fingerprint density at radius 3 is 1.76 bits per heavy atom. The first-order valence-corrected chi connectivity index (χ1v) is 11.1. The average molecular weight is 438 g/mol. The summed E-state index contributed by atoms with van der Waals surface area (Å²) >= 11 is 0. The number of hydrogen-bond acceptors (Lipinski definition) is 4. The van der Waals surface area contributed by atoms with Crippen molar-refractivity contribution in [2.45, 2.75) is 19.8 Å². The van der Waals surface area contributed by atoms with Gasteiger partial charge < -0.3 is 10.0 Å². The van der Waals surface area contributed by atoms with Gasteiger partial charge in [0.15, 0.2) is 11.6 Å². The van der Waals surface area contributed by atoms with Gasteiger partial charge >= 0.3 is 0 Å². The number of aliphatic hydroxyl groups is 1. The second-order valence-electron chi connectivity index (χ2n) is 8.24. The Kier molecular flexibility index (Phi) is 6.66. The maximum Gasteiger partial charge on any atom is 0.191 e. The first kappa shape index (κ1) is 22.4. The van der Waals surface area contributed by atoms with Crippen molar-refractivity contribution in [1.29, 1.82) is 0 Å². The normalized spacial score (nSPS) is 14.0. The molecule has 0 aliphatic carbocycles. The van der Waals surface area contributed by atoms with Crippen LogP contribution in [0.4, 0.5) is 0 Å². The van der Waals surface area contributed by atoms with Gasteiger partial charge in [-0.3, -0.25) is 9.59 Å². The minimum absolute atomic E-state index is 0.0965. The van der Waals surface area contributed by atoms with Crippen molar-refractivity contribution in [3.8, 4) is 0 Å². The molecule has 0 atom stereocenters. The van der Waals surface area contributed by atoms with Crippen LogP contribution < -0.4 is 0 Å². The summed E-state index contributed by atoms with van der Waals surface area (Å²) in [5, 5.41) is 9.60. The van der Waals surface area contributed by atoms with Crippen LogP contribution in [0.25, 0.3) is 0 Å². The molecule has 4 heteroatoms. The molecule has 1 N–H and O–H groups in total. The van der Waals surface area contributed by atoms with Crippen LogP contribution in [0.3, 0.4) is 0 Å². The lowest BCUT2D eigenvalue weighted by Crippen LogP contribution is -2.29. The van der Waals surface area contributed by atoms with E-state index in [-0.39, 0.29) is 24.7 Å². The second-order valence-corrected chi connectivity index (χ2v) is 8.24. The van der Waals surface area contributed by atoms with E-state index in [9.17, 15) is 14.7 Å². The molecule has 0 spiro atoms. The summed E-state index contributed by atoms with van der Waals surface area (Å²) in [6, 6.07) is 24.2. The molecule has 3 aromatic carbocycles. The maximum absolute atomic E-state index is 13.7. The smallest absolute Gasteiger partial charge is 0.191 e. The highest BCUT2D eigenvalue weighted by atomic mass is 16.3. The maximum atomic E-state index is 13.7. The highest BCUT2D eigenvalue weighted by molar-refractivity contribution is 6.15. The highest BCUT2D eigenvalue weighted by Crippen LogP contribution is 2.40. The van der Waals surface area contributed by atoms with E-state index >= 15 is 0 Å². The molecule has 0 amide bonds. The third kappa shape index (κ3) is 4.57. The lowest BCUT2D eigenvalue weighted by Gasteiger charge is -2.32. The number of allylic oxidation sites excluding steroid dienone is 2. The fraction of sp³-hybridized carbons (Fsp3) is 0.172. The second kappa shape index (κ2) is 9.80. The monoisotopic (exact) mass is 437 g/mol. The Balaban J connectivity index is 1.91. The molecule has 0 saturated carbocycles. The van der Waals surface area contributed by atoms with Crippen molar-refractivity contribution < 1.29 is 14.7 Å². The molecule has 0 saturated heterocycles. The molecular formula is C29H27NO3. The molecule has 0 fully saturated rings. The van der Waals surface area contributed by atoms with Crippen molar-refractivity contribution in [3.63, 3.8) is 0 Å². The van der Waals surface area contributed by atoms with Gasteiger partial charge in [-0.05, 0) is 30.5 Å². The predicted molar refractivity (Wildman–Crippen MR) is 130 cm³/mol. The Labute approximate surface area is 194 Å². The van der Waals surface area contributed by atoms with E-state index in [0.29, 0.717) is 22.3 Å². The minimum atomic E-state index is -0.514. The van der Waals surface area contributed by atoms with Gasteiger partial charge in [-0.15, -0.1) is 0 Å².